The Kier molecular flexibility index (Phi) is 6.74. The maximum absolute atomic E-state index is 13.8. The van der Waals surface area contributed by atoms with Crippen LogP contribution in [0, 0.1) is 5.82 Å². The summed E-state index contributed by atoms with van der Waals surface area (Å²) >= 11 is 18.4. The predicted octanol–water partition coefficient (Wildman–Crippen LogP) is 6.03. The van der Waals surface area contributed by atoms with Crippen molar-refractivity contribution in [3.8, 4) is 22.5 Å². The lowest BCUT2D eigenvalue weighted by atomic mass is 10.1. The van der Waals surface area contributed by atoms with Crippen molar-refractivity contribution < 1.29 is 9.18 Å². The van der Waals surface area contributed by atoms with Crippen LogP contribution in [0.15, 0.2) is 66.7 Å². The Hall–Kier alpha value is -2.93. The molecule has 0 fully saturated rings. The zero-order valence-electron chi connectivity index (χ0n) is 16.5. The molecule has 162 valence electrons. The summed E-state index contributed by atoms with van der Waals surface area (Å²) < 4.78 is 13.8. The van der Waals surface area contributed by atoms with Gasteiger partial charge in [0.15, 0.2) is 0 Å². The van der Waals surface area contributed by atoms with E-state index in [1.165, 1.54) is 10.9 Å². The first kappa shape index (κ1) is 22.3. The van der Waals surface area contributed by atoms with Gasteiger partial charge < -0.3 is 5.32 Å². The highest BCUT2D eigenvalue weighted by Crippen LogP contribution is 2.35. The van der Waals surface area contributed by atoms with Crippen molar-refractivity contribution in [3.63, 3.8) is 0 Å². The van der Waals surface area contributed by atoms with Crippen LogP contribution in [0.4, 0.5) is 4.39 Å². The molecule has 0 saturated heterocycles. The Labute approximate surface area is 198 Å². The number of hydrogen-bond acceptors (Lipinski definition) is 3. The van der Waals surface area contributed by atoms with Crippen molar-refractivity contribution in [2.45, 2.75) is 13.1 Å². The molecule has 9 heteroatoms. The summed E-state index contributed by atoms with van der Waals surface area (Å²) in [6.07, 6.45) is 0. The fraction of sp³-hybridized carbons (Fsp3) is 0.0870. The fourth-order valence-electron chi connectivity index (χ4n) is 3.10. The molecule has 0 bridgehead atoms. The first-order valence-corrected chi connectivity index (χ1v) is 10.7. The molecule has 0 spiro atoms. The van der Waals surface area contributed by atoms with E-state index in [0.29, 0.717) is 37.6 Å². The van der Waals surface area contributed by atoms with Gasteiger partial charge in [-0.05, 0) is 36.4 Å². The quantitative estimate of drug-likeness (QED) is 0.360. The summed E-state index contributed by atoms with van der Waals surface area (Å²) in [5.41, 5.74) is 2.81. The van der Waals surface area contributed by atoms with Crippen LogP contribution in [0.25, 0.3) is 22.5 Å². The summed E-state index contributed by atoms with van der Waals surface area (Å²) in [4.78, 5) is 13.7. The van der Waals surface area contributed by atoms with Crippen LogP contribution in [0.3, 0.4) is 0 Å². The van der Waals surface area contributed by atoms with E-state index in [1.807, 2.05) is 12.1 Å². The Morgan fingerprint density at radius 2 is 1.59 bits per heavy atom. The van der Waals surface area contributed by atoms with Gasteiger partial charge in [0.25, 0.3) is 0 Å². The Morgan fingerprint density at radius 1 is 0.906 bits per heavy atom. The molecule has 4 aromatic rings. The van der Waals surface area contributed by atoms with Crippen molar-refractivity contribution in [2.24, 2.45) is 0 Å². The zero-order valence-corrected chi connectivity index (χ0v) is 18.8. The van der Waals surface area contributed by atoms with E-state index in [0.717, 1.165) is 5.56 Å². The monoisotopic (exact) mass is 488 g/mol. The minimum Gasteiger partial charge on any atom is -0.350 e. The van der Waals surface area contributed by atoms with E-state index < -0.39 is 0 Å². The SMILES string of the molecule is O=C(Cn1nc(-c2ccc(Cl)cc2)c(-c2ccc(Cl)cc2Cl)n1)NCc1ccccc1F. The van der Waals surface area contributed by atoms with Crippen molar-refractivity contribution in [1.82, 2.24) is 20.3 Å². The van der Waals surface area contributed by atoms with Crippen molar-refractivity contribution in [2.75, 3.05) is 0 Å². The van der Waals surface area contributed by atoms with Crippen LogP contribution in [0.2, 0.25) is 15.1 Å². The molecule has 0 atom stereocenters. The number of aromatic nitrogens is 3. The summed E-state index contributed by atoms with van der Waals surface area (Å²) in [6.45, 7) is -0.0903. The predicted molar refractivity (Wildman–Crippen MR) is 124 cm³/mol. The van der Waals surface area contributed by atoms with Gasteiger partial charge in [-0.25, -0.2) is 4.39 Å². The third-order valence-electron chi connectivity index (χ3n) is 4.68. The fourth-order valence-corrected chi connectivity index (χ4v) is 3.73. The highest BCUT2D eigenvalue weighted by atomic mass is 35.5. The van der Waals surface area contributed by atoms with Crippen molar-refractivity contribution >= 4 is 40.7 Å². The van der Waals surface area contributed by atoms with E-state index in [1.54, 1.807) is 48.5 Å². The van der Waals surface area contributed by atoms with E-state index in [9.17, 15) is 9.18 Å². The van der Waals surface area contributed by atoms with Gasteiger partial charge in [-0.3, -0.25) is 4.79 Å². The van der Waals surface area contributed by atoms with Gasteiger partial charge in [0.05, 0.1) is 5.02 Å². The van der Waals surface area contributed by atoms with Gasteiger partial charge in [0.2, 0.25) is 5.91 Å². The van der Waals surface area contributed by atoms with Crippen LogP contribution in [-0.4, -0.2) is 20.9 Å². The van der Waals surface area contributed by atoms with Gasteiger partial charge >= 0.3 is 0 Å². The number of nitrogens with one attached hydrogen (secondary N) is 1. The second-order valence-electron chi connectivity index (χ2n) is 6.93. The van der Waals surface area contributed by atoms with Crippen LogP contribution in [0.1, 0.15) is 5.56 Å². The molecule has 1 amide bonds. The van der Waals surface area contributed by atoms with Crippen LogP contribution >= 0.6 is 34.8 Å². The number of hydrogen-bond donors (Lipinski definition) is 1. The minimum absolute atomic E-state index is 0.0622. The van der Waals surface area contributed by atoms with Crippen molar-refractivity contribution in [1.29, 1.82) is 0 Å². The van der Waals surface area contributed by atoms with E-state index in [2.05, 4.69) is 15.5 Å². The average Bonchev–Trinajstić information content (AvgIpc) is 3.17. The molecule has 0 aliphatic rings. The smallest absolute Gasteiger partial charge is 0.243 e. The first-order chi connectivity index (χ1) is 15.4. The molecular formula is C23H16Cl3FN4O. The van der Waals surface area contributed by atoms with Crippen LogP contribution in [-0.2, 0) is 17.9 Å². The Bertz CT molecular complexity index is 1270. The number of rotatable bonds is 6. The van der Waals surface area contributed by atoms with Crippen LogP contribution < -0.4 is 5.32 Å². The third kappa shape index (κ3) is 5.10. The number of amides is 1. The van der Waals surface area contributed by atoms with Gasteiger partial charge in [-0.2, -0.15) is 15.0 Å². The number of nitrogens with zero attached hydrogens (tertiary/aromatic N) is 3. The maximum atomic E-state index is 13.8. The molecule has 0 saturated carbocycles. The van der Waals surface area contributed by atoms with E-state index in [4.69, 9.17) is 34.8 Å². The molecule has 1 N–H and O–H groups in total. The highest BCUT2D eigenvalue weighted by Gasteiger charge is 2.19. The molecule has 0 aliphatic carbocycles. The molecule has 32 heavy (non-hydrogen) atoms. The highest BCUT2D eigenvalue weighted by molar-refractivity contribution is 6.36. The zero-order chi connectivity index (χ0) is 22.7. The molecule has 0 radical (unpaired) electrons. The number of halogens is 4. The second-order valence-corrected chi connectivity index (χ2v) is 8.21. The molecule has 0 unspecified atom stereocenters. The second kappa shape index (κ2) is 9.69. The lowest BCUT2D eigenvalue weighted by molar-refractivity contribution is -0.122. The Morgan fingerprint density at radius 3 is 2.31 bits per heavy atom. The minimum atomic E-state index is -0.380. The molecule has 5 nitrogen and oxygen atoms in total. The van der Waals surface area contributed by atoms with Crippen LogP contribution in [0.5, 0.6) is 0 Å². The van der Waals surface area contributed by atoms with Gasteiger partial charge in [0, 0.05) is 33.3 Å². The van der Waals surface area contributed by atoms with Gasteiger partial charge in [0.1, 0.15) is 23.7 Å². The lowest BCUT2D eigenvalue weighted by Crippen LogP contribution is -2.28. The third-order valence-corrected chi connectivity index (χ3v) is 5.48. The average molecular weight is 490 g/mol. The molecule has 1 aromatic heterocycles. The molecule has 0 aliphatic heterocycles. The topological polar surface area (TPSA) is 59.8 Å². The lowest BCUT2D eigenvalue weighted by Gasteiger charge is -2.06. The standard InChI is InChI=1S/C23H16Cl3FN4O/c24-16-7-5-14(6-8-16)22-23(18-10-9-17(25)11-19(18)26)30-31(29-22)13-21(32)28-12-15-3-1-2-4-20(15)27/h1-11H,12-13H2,(H,28,32). The van der Waals surface area contributed by atoms with E-state index in [-0.39, 0.29) is 24.8 Å². The molecule has 1 heterocycles. The summed E-state index contributed by atoms with van der Waals surface area (Å²) in [7, 11) is 0. The van der Waals surface area contributed by atoms with Gasteiger partial charge in [-0.1, -0.05) is 65.1 Å². The maximum Gasteiger partial charge on any atom is 0.243 e. The number of carbonyl (C=O) groups is 1. The van der Waals surface area contributed by atoms with Gasteiger partial charge in [-0.15, -0.1) is 0 Å². The number of benzene rings is 3. The molecular weight excluding hydrogens is 474 g/mol. The number of carbonyl (C=O) groups excluding carboxylic acids is 1. The Balaban J connectivity index is 1.62. The van der Waals surface area contributed by atoms with E-state index >= 15 is 0 Å². The molecule has 4 rings (SSSR count). The van der Waals surface area contributed by atoms with Crippen molar-refractivity contribution in [3.05, 3.63) is 93.2 Å². The summed E-state index contributed by atoms with van der Waals surface area (Å²) in [5.74, 6) is -0.741. The molecule has 3 aromatic carbocycles. The first-order valence-electron chi connectivity index (χ1n) is 9.57. The summed E-state index contributed by atoms with van der Waals surface area (Å²) in [6, 6.07) is 18.4. The largest absolute Gasteiger partial charge is 0.350 e. The normalized spacial score (nSPS) is 10.9. The summed E-state index contributed by atoms with van der Waals surface area (Å²) in [5, 5.41) is 13.2.